The number of amides is 4. The van der Waals surface area contributed by atoms with E-state index in [0.29, 0.717) is 4.90 Å². The molecule has 8 nitrogen and oxygen atoms in total. The highest BCUT2D eigenvalue weighted by Crippen LogP contribution is 2.39. The van der Waals surface area contributed by atoms with Crippen LogP contribution in [0.4, 0.5) is 0 Å². The molecule has 0 aromatic heterocycles. The second kappa shape index (κ2) is 6.21. The van der Waals surface area contributed by atoms with Gasteiger partial charge in [-0.05, 0) is 12.5 Å². The van der Waals surface area contributed by atoms with Gasteiger partial charge in [0.2, 0.25) is 11.8 Å². The lowest BCUT2D eigenvalue weighted by atomic mass is 9.80. The van der Waals surface area contributed by atoms with Crippen molar-refractivity contribution in [2.24, 2.45) is 0 Å². The van der Waals surface area contributed by atoms with Gasteiger partial charge in [0.1, 0.15) is 0 Å². The Morgan fingerprint density at radius 3 is 1.96 bits per heavy atom. The molecule has 1 N–H and O–H groups in total. The summed E-state index contributed by atoms with van der Waals surface area (Å²) < 4.78 is 0. The van der Waals surface area contributed by atoms with Crippen LogP contribution in [0.5, 0.6) is 0 Å². The summed E-state index contributed by atoms with van der Waals surface area (Å²) in [6, 6.07) is 6.40. The lowest BCUT2D eigenvalue weighted by Crippen LogP contribution is -2.65. The Kier molecular flexibility index (Phi) is 4.19. The molecule has 3 rings (SSSR count). The SMILES string of the molecule is CC(N1C(=O)CCC1=O)C(C(=O)O)(c1ccccc1)N1C(=O)C=CC1=O. The number of aliphatic carboxylic acids is 1. The maximum absolute atomic E-state index is 12.5. The van der Waals surface area contributed by atoms with E-state index in [0.717, 1.165) is 17.1 Å². The molecule has 26 heavy (non-hydrogen) atoms. The summed E-state index contributed by atoms with van der Waals surface area (Å²) in [7, 11) is 0. The molecular weight excluding hydrogens is 340 g/mol. The van der Waals surface area contributed by atoms with Crippen LogP contribution in [0, 0.1) is 0 Å². The maximum Gasteiger partial charge on any atom is 0.337 e. The molecule has 0 radical (unpaired) electrons. The molecule has 4 amide bonds. The van der Waals surface area contributed by atoms with Gasteiger partial charge < -0.3 is 5.11 Å². The Hall–Kier alpha value is -3.29. The first-order valence-electron chi connectivity index (χ1n) is 8.01. The second-order valence-corrected chi connectivity index (χ2v) is 6.12. The number of carbonyl (C=O) groups excluding carboxylic acids is 4. The lowest BCUT2D eigenvalue weighted by Gasteiger charge is -2.44. The van der Waals surface area contributed by atoms with Crippen LogP contribution in [0.25, 0.3) is 0 Å². The van der Waals surface area contributed by atoms with Crippen LogP contribution in [-0.4, -0.2) is 50.5 Å². The highest BCUT2D eigenvalue weighted by molar-refractivity contribution is 6.16. The van der Waals surface area contributed by atoms with E-state index in [-0.39, 0.29) is 18.4 Å². The van der Waals surface area contributed by atoms with E-state index in [1.807, 2.05) is 0 Å². The van der Waals surface area contributed by atoms with Gasteiger partial charge in [0.05, 0.1) is 6.04 Å². The smallest absolute Gasteiger partial charge is 0.337 e. The monoisotopic (exact) mass is 356 g/mol. The summed E-state index contributed by atoms with van der Waals surface area (Å²) in [4.78, 5) is 63.1. The Balaban J connectivity index is 2.26. The average molecular weight is 356 g/mol. The van der Waals surface area contributed by atoms with E-state index in [1.165, 1.54) is 19.1 Å². The third kappa shape index (κ3) is 2.33. The van der Waals surface area contributed by atoms with Crippen molar-refractivity contribution in [2.45, 2.75) is 31.3 Å². The highest BCUT2D eigenvalue weighted by Gasteiger charge is 2.59. The summed E-state index contributed by atoms with van der Waals surface area (Å²) >= 11 is 0. The van der Waals surface area contributed by atoms with E-state index < -0.39 is 41.2 Å². The summed E-state index contributed by atoms with van der Waals surface area (Å²) in [6.45, 7) is 1.36. The molecule has 1 aromatic carbocycles. The fourth-order valence-corrected chi connectivity index (χ4v) is 3.61. The first-order chi connectivity index (χ1) is 12.3. The average Bonchev–Trinajstić information content (AvgIpc) is 3.12. The molecule has 134 valence electrons. The fourth-order valence-electron chi connectivity index (χ4n) is 3.61. The van der Waals surface area contributed by atoms with E-state index in [4.69, 9.17) is 0 Å². The van der Waals surface area contributed by atoms with Gasteiger partial charge in [-0.2, -0.15) is 0 Å². The number of likely N-dealkylation sites (tertiary alicyclic amines) is 1. The van der Waals surface area contributed by atoms with Gasteiger partial charge in [0.25, 0.3) is 11.8 Å². The molecule has 1 aromatic rings. The van der Waals surface area contributed by atoms with Crippen molar-refractivity contribution in [3.8, 4) is 0 Å². The molecule has 2 unspecified atom stereocenters. The van der Waals surface area contributed by atoms with Crippen LogP contribution in [0.3, 0.4) is 0 Å². The Labute approximate surface area is 148 Å². The minimum Gasteiger partial charge on any atom is -0.479 e. The molecule has 0 bridgehead atoms. The second-order valence-electron chi connectivity index (χ2n) is 6.12. The Morgan fingerprint density at radius 1 is 1.00 bits per heavy atom. The van der Waals surface area contributed by atoms with E-state index in [2.05, 4.69) is 0 Å². The third-order valence-electron chi connectivity index (χ3n) is 4.78. The maximum atomic E-state index is 12.5. The fraction of sp³-hybridized carbons (Fsp3) is 0.278. The van der Waals surface area contributed by atoms with Crippen LogP contribution in [0.15, 0.2) is 42.5 Å². The van der Waals surface area contributed by atoms with Crippen LogP contribution < -0.4 is 0 Å². The predicted molar refractivity (Wildman–Crippen MR) is 87.3 cm³/mol. The normalized spacial score (nSPS) is 20.7. The number of imide groups is 2. The molecule has 2 heterocycles. The molecule has 2 atom stereocenters. The summed E-state index contributed by atoms with van der Waals surface area (Å²) in [5.74, 6) is -4.19. The predicted octanol–water partition coefficient (Wildman–Crippen LogP) is 0.429. The van der Waals surface area contributed by atoms with Crippen molar-refractivity contribution in [2.75, 3.05) is 0 Å². The molecule has 0 spiro atoms. The molecule has 8 heteroatoms. The van der Waals surface area contributed by atoms with Crippen LogP contribution >= 0.6 is 0 Å². The van der Waals surface area contributed by atoms with Gasteiger partial charge in [-0.15, -0.1) is 0 Å². The Bertz CT molecular complexity index is 812. The quantitative estimate of drug-likeness (QED) is 0.766. The van der Waals surface area contributed by atoms with Gasteiger partial charge in [-0.1, -0.05) is 30.3 Å². The van der Waals surface area contributed by atoms with Crippen molar-refractivity contribution >= 4 is 29.6 Å². The molecule has 1 saturated heterocycles. The topological polar surface area (TPSA) is 112 Å². The summed E-state index contributed by atoms with van der Waals surface area (Å²) in [6.07, 6.45) is 1.88. The zero-order chi connectivity index (χ0) is 19.1. The zero-order valence-corrected chi connectivity index (χ0v) is 13.9. The third-order valence-corrected chi connectivity index (χ3v) is 4.78. The minimum atomic E-state index is -2.23. The minimum absolute atomic E-state index is 0.0339. The highest BCUT2D eigenvalue weighted by atomic mass is 16.4. The standard InChI is InChI=1S/C18H16N2O6/c1-11(19-13(21)7-8-14(19)22)18(17(25)26,12-5-3-2-4-6-12)20-15(23)9-10-16(20)24/h2-6,9-11H,7-8H2,1H3,(H,25,26). The van der Waals surface area contributed by atoms with Gasteiger partial charge in [-0.25, -0.2) is 4.79 Å². The Morgan fingerprint density at radius 2 is 1.50 bits per heavy atom. The first-order valence-corrected chi connectivity index (χ1v) is 8.01. The molecule has 2 aliphatic rings. The number of nitrogens with zero attached hydrogens (tertiary/aromatic N) is 2. The van der Waals surface area contributed by atoms with Crippen LogP contribution in [0.1, 0.15) is 25.3 Å². The zero-order valence-electron chi connectivity index (χ0n) is 13.9. The number of hydrogen-bond donors (Lipinski definition) is 1. The number of carboxylic acid groups (broad SMARTS) is 1. The molecule has 0 saturated carbocycles. The number of benzene rings is 1. The van der Waals surface area contributed by atoms with Crippen molar-refractivity contribution in [3.05, 3.63) is 48.0 Å². The number of carboxylic acids is 1. The van der Waals surface area contributed by atoms with Gasteiger partial charge in [-0.3, -0.25) is 29.0 Å². The van der Waals surface area contributed by atoms with Crippen molar-refractivity contribution in [1.29, 1.82) is 0 Å². The van der Waals surface area contributed by atoms with Crippen molar-refractivity contribution in [3.63, 3.8) is 0 Å². The first kappa shape index (κ1) is 17.5. The van der Waals surface area contributed by atoms with Crippen molar-refractivity contribution < 1.29 is 29.1 Å². The van der Waals surface area contributed by atoms with E-state index >= 15 is 0 Å². The van der Waals surface area contributed by atoms with Gasteiger partial charge in [0, 0.05) is 25.0 Å². The molecule has 2 aliphatic heterocycles. The van der Waals surface area contributed by atoms with Crippen LogP contribution in [0.2, 0.25) is 0 Å². The molecule has 1 fully saturated rings. The van der Waals surface area contributed by atoms with Crippen LogP contribution in [-0.2, 0) is 29.5 Å². The van der Waals surface area contributed by atoms with E-state index in [9.17, 15) is 29.1 Å². The molecule has 0 aliphatic carbocycles. The van der Waals surface area contributed by atoms with Gasteiger partial charge >= 0.3 is 5.97 Å². The lowest BCUT2D eigenvalue weighted by molar-refractivity contribution is -0.171. The molecular formula is C18H16N2O6. The summed E-state index contributed by atoms with van der Waals surface area (Å²) in [5, 5.41) is 10.2. The van der Waals surface area contributed by atoms with E-state index in [1.54, 1.807) is 18.2 Å². The van der Waals surface area contributed by atoms with Crippen molar-refractivity contribution in [1.82, 2.24) is 9.80 Å². The van der Waals surface area contributed by atoms with Gasteiger partial charge in [0.15, 0.2) is 5.54 Å². The number of hydrogen-bond acceptors (Lipinski definition) is 5. The summed E-state index contributed by atoms with van der Waals surface area (Å²) in [5.41, 5.74) is -2.10. The number of carbonyl (C=O) groups is 5. The number of rotatable bonds is 5. The largest absolute Gasteiger partial charge is 0.479 e.